The molecule has 2 amide bonds. The quantitative estimate of drug-likeness (QED) is 0.907. The summed E-state index contributed by atoms with van der Waals surface area (Å²) in [4.78, 5) is 26.6. The van der Waals surface area contributed by atoms with Gasteiger partial charge in [0.1, 0.15) is 0 Å². The number of carboxylic acids is 1. The molecule has 0 heterocycles. The molecule has 1 unspecified atom stereocenters. The lowest BCUT2D eigenvalue weighted by molar-refractivity contribution is -0.141. The number of anilines is 1. The highest BCUT2D eigenvalue weighted by atomic mass is 16.4. The monoisotopic (exact) mass is 292 g/mol. The first-order chi connectivity index (χ1) is 9.77. The van der Waals surface area contributed by atoms with E-state index in [1.165, 1.54) is 0 Å². The fraction of sp³-hybridized carbons (Fsp3) is 0.500. The zero-order chi connectivity index (χ0) is 16.2. The number of aryl methyl sites for hydroxylation is 2. The Morgan fingerprint density at radius 2 is 1.90 bits per heavy atom. The van der Waals surface area contributed by atoms with Gasteiger partial charge in [-0.25, -0.2) is 4.79 Å². The largest absolute Gasteiger partial charge is 0.481 e. The zero-order valence-corrected chi connectivity index (χ0v) is 13.4. The van der Waals surface area contributed by atoms with Crippen molar-refractivity contribution in [2.24, 2.45) is 5.92 Å². The smallest absolute Gasteiger partial charge is 0.324 e. The summed E-state index contributed by atoms with van der Waals surface area (Å²) in [6.45, 7) is 8.11. The highest BCUT2D eigenvalue weighted by Gasteiger charge is 2.23. The maximum absolute atomic E-state index is 12.5. The molecule has 0 aliphatic carbocycles. The van der Waals surface area contributed by atoms with Gasteiger partial charge in [-0.2, -0.15) is 0 Å². The lowest BCUT2D eigenvalue weighted by Gasteiger charge is -2.29. The van der Waals surface area contributed by atoms with E-state index in [4.69, 9.17) is 5.11 Å². The molecule has 1 N–H and O–H groups in total. The van der Waals surface area contributed by atoms with Crippen molar-refractivity contribution in [3.63, 3.8) is 0 Å². The normalized spacial score (nSPS) is 11.9. The van der Waals surface area contributed by atoms with Crippen LogP contribution in [-0.2, 0) is 4.79 Å². The van der Waals surface area contributed by atoms with Crippen molar-refractivity contribution in [2.75, 3.05) is 25.0 Å². The fourth-order valence-electron chi connectivity index (χ4n) is 2.25. The van der Waals surface area contributed by atoms with Crippen LogP contribution >= 0.6 is 0 Å². The molecule has 0 aromatic heterocycles. The van der Waals surface area contributed by atoms with Crippen LogP contribution in [0.25, 0.3) is 0 Å². The van der Waals surface area contributed by atoms with Gasteiger partial charge in [-0.05, 0) is 32.4 Å². The maximum Gasteiger partial charge on any atom is 0.324 e. The number of urea groups is 1. The highest BCUT2D eigenvalue weighted by Crippen LogP contribution is 2.21. The Morgan fingerprint density at radius 1 is 1.29 bits per heavy atom. The third kappa shape index (κ3) is 4.21. The van der Waals surface area contributed by atoms with Crippen molar-refractivity contribution in [3.8, 4) is 0 Å². The molecule has 0 radical (unpaired) electrons. The van der Waals surface area contributed by atoms with Crippen molar-refractivity contribution in [2.45, 2.75) is 27.7 Å². The van der Waals surface area contributed by atoms with Gasteiger partial charge < -0.3 is 10.0 Å². The van der Waals surface area contributed by atoms with Crippen LogP contribution < -0.4 is 4.90 Å². The number of carbonyl (C=O) groups is 2. The number of hydrogen-bond acceptors (Lipinski definition) is 2. The van der Waals surface area contributed by atoms with Gasteiger partial charge in [-0.15, -0.1) is 0 Å². The van der Waals surface area contributed by atoms with Gasteiger partial charge in [-0.1, -0.05) is 24.6 Å². The number of carbonyl (C=O) groups excluding carboxylic acids is 1. The van der Waals surface area contributed by atoms with Gasteiger partial charge in [0.25, 0.3) is 0 Å². The average Bonchev–Trinajstić information content (AvgIpc) is 2.42. The third-order valence-electron chi connectivity index (χ3n) is 3.57. The van der Waals surface area contributed by atoms with Crippen LogP contribution in [0, 0.1) is 19.8 Å². The molecule has 0 aliphatic heterocycles. The van der Waals surface area contributed by atoms with Gasteiger partial charge in [0, 0.05) is 25.8 Å². The minimum atomic E-state index is -0.893. The predicted molar refractivity (Wildman–Crippen MR) is 83.8 cm³/mol. The van der Waals surface area contributed by atoms with E-state index in [1.807, 2.05) is 39.0 Å². The summed E-state index contributed by atoms with van der Waals surface area (Å²) in [5.74, 6) is -1.48. The minimum Gasteiger partial charge on any atom is -0.481 e. The second kappa shape index (κ2) is 7.11. The van der Waals surface area contributed by atoms with E-state index >= 15 is 0 Å². The first-order valence-corrected chi connectivity index (χ1v) is 7.10. The number of nitrogens with zero attached hydrogens (tertiary/aromatic N) is 2. The molecule has 1 atom stereocenters. The van der Waals surface area contributed by atoms with Crippen LogP contribution in [0.4, 0.5) is 10.5 Å². The van der Waals surface area contributed by atoms with Crippen LogP contribution in [0.15, 0.2) is 18.2 Å². The van der Waals surface area contributed by atoms with Gasteiger partial charge in [-0.3, -0.25) is 9.69 Å². The summed E-state index contributed by atoms with van der Waals surface area (Å²) < 4.78 is 0. The molecule has 1 aromatic carbocycles. The van der Waals surface area contributed by atoms with Crippen LogP contribution in [0.3, 0.4) is 0 Å². The van der Waals surface area contributed by atoms with E-state index in [2.05, 4.69) is 0 Å². The number of carboxylic acid groups (broad SMARTS) is 1. The van der Waals surface area contributed by atoms with Crippen LogP contribution in [0.5, 0.6) is 0 Å². The molecule has 0 bridgehead atoms. The number of aliphatic carboxylic acids is 1. The second-order valence-corrected chi connectivity index (χ2v) is 5.41. The Bertz CT molecular complexity index is 528. The molecule has 0 saturated heterocycles. The lowest BCUT2D eigenvalue weighted by atomic mass is 10.1. The molecular weight excluding hydrogens is 268 g/mol. The standard InChI is InChI=1S/C16H24N2O3/c1-6-18(10-13(4)15(19)20)16(21)17(5)14-8-7-11(2)9-12(14)3/h7-9,13H,6,10H2,1-5H3,(H,19,20). The van der Waals surface area contributed by atoms with Crippen molar-refractivity contribution in [1.29, 1.82) is 0 Å². The minimum absolute atomic E-state index is 0.183. The molecule has 1 rings (SSSR count). The maximum atomic E-state index is 12.5. The predicted octanol–water partition coefficient (Wildman–Crippen LogP) is 2.90. The van der Waals surface area contributed by atoms with Gasteiger partial charge in [0.05, 0.1) is 5.92 Å². The van der Waals surface area contributed by atoms with Gasteiger partial charge >= 0.3 is 12.0 Å². The van der Waals surface area contributed by atoms with E-state index in [9.17, 15) is 9.59 Å². The molecule has 5 heteroatoms. The summed E-state index contributed by atoms with van der Waals surface area (Å²) >= 11 is 0. The van der Waals surface area contributed by atoms with Gasteiger partial charge in [0.15, 0.2) is 0 Å². The topological polar surface area (TPSA) is 60.9 Å². The first kappa shape index (κ1) is 17.0. The van der Waals surface area contributed by atoms with Crippen LogP contribution in [-0.4, -0.2) is 42.1 Å². The average molecular weight is 292 g/mol. The van der Waals surface area contributed by atoms with E-state index in [-0.39, 0.29) is 12.6 Å². The Morgan fingerprint density at radius 3 is 2.38 bits per heavy atom. The Balaban J connectivity index is 2.91. The highest BCUT2D eigenvalue weighted by molar-refractivity contribution is 5.92. The van der Waals surface area contributed by atoms with E-state index in [0.717, 1.165) is 16.8 Å². The Labute approximate surface area is 126 Å². The molecule has 21 heavy (non-hydrogen) atoms. The summed E-state index contributed by atoms with van der Waals surface area (Å²) in [6.07, 6.45) is 0. The van der Waals surface area contributed by atoms with Crippen molar-refractivity contribution >= 4 is 17.7 Å². The zero-order valence-electron chi connectivity index (χ0n) is 13.4. The molecule has 0 spiro atoms. The van der Waals surface area contributed by atoms with Crippen molar-refractivity contribution in [3.05, 3.63) is 29.3 Å². The Kier molecular flexibility index (Phi) is 5.76. The molecular formula is C16H24N2O3. The number of benzene rings is 1. The molecule has 0 fully saturated rings. The lowest BCUT2D eigenvalue weighted by Crippen LogP contribution is -2.44. The molecule has 0 saturated carbocycles. The SMILES string of the molecule is CCN(CC(C)C(=O)O)C(=O)N(C)c1ccc(C)cc1C. The van der Waals surface area contributed by atoms with Gasteiger partial charge in [0.2, 0.25) is 0 Å². The summed E-state index contributed by atoms with van der Waals surface area (Å²) in [5.41, 5.74) is 3.00. The number of rotatable bonds is 5. The third-order valence-corrected chi connectivity index (χ3v) is 3.57. The molecule has 116 valence electrons. The molecule has 5 nitrogen and oxygen atoms in total. The Hall–Kier alpha value is -2.04. The van der Waals surface area contributed by atoms with E-state index < -0.39 is 11.9 Å². The van der Waals surface area contributed by atoms with Crippen molar-refractivity contribution in [1.82, 2.24) is 4.90 Å². The summed E-state index contributed by atoms with van der Waals surface area (Å²) in [7, 11) is 1.72. The summed E-state index contributed by atoms with van der Waals surface area (Å²) in [6, 6.07) is 5.71. The fourth-order valence-corrected chi connectivity index (χ4v) is 2.25. The second-order valence-electron chi connectivity index (χ2n) is 5.41. The number of amides is 2. The van der Waals surface area contributed by atoms with Crippen LogP contribution in [0.2, 0.25) is 0 Å². The van der Waals surface area contributed by atoms with E-state index in [1.54, 1.807) is 23.8 Å². The molecule has 0 aliphatic rings. The van der Waals surface area contributed by atoms with Crippen LogP contribution in [0.1, 0.15) is 25.0 Å². The summed E-state index contributed by atoms with van der Waals surface area (Å²) in [5, 5.41) is 8.99. The van der Waals surface area contributed by atoms with Crippen molar-refractivity contribution < 1.29 is 14.7 Å². The first-order valence-electron chi connectivity index (χ1n) is 7.10. The molecule has 1 aromatic rings. The van der Waals surface area contributed by atoms with E-state index in [0.29, 0.717) is 6.54 Å². The number of hydrogen-bond donors (Lipinski definition) is 1.